The zero-order valence-electron chi connectivity index (χ0n) is 18.3. The number of imidazole rings is 1. The smallest absolute Gasteiger partial charge is 0.165 e. The summed E-state index contributed by atoms with van der Waals surface area (Å²) in [5.41, 5.74) is 2.17. The van der Waals surface area contributed by atoms with Gasteiger partial charge in [0.1, 0.15) is 17.7 Å². The Labute approximate surface area is 182 Å². The van der Waals surface area contributed by atoms with E-state index in [1.807, 2.05) is 39.2 Å². The number of halogens is 1. The molecular formula is C24H29FN4O2. The van der Waals surface area contributed by atoms with Gasteiger partial charge in [-0.15, -0.1) is 0 Å². The molecule has 7 heteroatoms. The van der Waals surface area contributed by atoms with Crippen molar-refractivity contribution in [2.45, 2.75) is 52.3 Å². The first-order chi connectivity index (χ1) is 15.0. The van der Waals surface area contributed by atoms with Crippen LogP contribution in [0.2, 0.25) is 0 Å². The van der Waals surface area contributed by atoms with Crippen molar-refractivity contribution in [3.8, 4) is 5.75 Å². The molecular weight excluding hydrogens is 395 g/mol. The van der Waals surface area contributed by atoms with Gasteiger partial charge in [-0.1, -0.05) is 17.3 Å². The fraction of sp³-hybridized carbons (Fsp3) is 0.500. The summed E-state index contributed by atoms with van der Waals surface area (Å²) in [5.74, 6) is 3.00. The molecule has 31 heavy (non-hydrogen) atoms. The molecule has 2 aromatic heterocycles. The molecule has 0 N–H and O–H groups in total. The summed E-state index contributed by atoms with van der Waals surface area (Å²) >= 11 is 0. The van der Waals surface area contributed by atoms with E-state index in [2.05, 4.69) is 19.6 Å². The summed E-state index contributed by atoms with van der Waals surface area (Å²) in [6.45, 7) is 8.93. The third-order valence-electron chi connectivity index (χ3n) is 7.06. The lowest BCUT2D eigenvalue weighted by Gasteiger charge is -2.39. The molecule has 0 spiro atoms. The van der Waals surface area contributed by atoms with Gasteiger partial charge in [-0.05, 0) is 57.6 Å². The third kappa shape index (κ3) is 3.87. The van der Waals surface area contributed by atoms with Crippen LogP contribution in [0, 0.1) is 38.4 Å². The number of nitrogens with zero attached hydrogens (tertiary/aromatic N) is 4. The van der Waals surface area contributed by atoms with Crippen molar-refractivity contribution < 1.29 is 13.7 Å². The van der Waals surface area contributed by atoms with Gasteiger partial charge in [0.05, 0.1) is 11.7 Å². The van der Waals surface area contributed by atoms with Crippen LogP contribution < -0.4 is 4.74 Å². The summed E-state index contributed by atoms with van der Waals surface area (Å²) in [5, 5.41) is 4.10. The standard InChI is InChI=1S/C24H29FN4O2/c1-15-20(16(2)31-27-15)14-28-12-18-10-22(29-9-8-26-17(29)3)24(11-19(18)13-28)30-23-7-5-4-6-21(23)25/h4-9,18-19,22,24H,10-14H2,1-3H3/t18-,19+,22-,24-/m0/s1. The van der Waals surface area contributed by atoms with Gasteiger partial charge in [0.15, 0.2) is 11.6 Å². The van der Waals surface area contributed by atoms with E-state index in [4.69, 9.17) is 9.26 Å². The Morgan fingerprint density at radius 1 is 1.13 bits per heavy atom. The number of rotatable bonds is 5. The van der Waals surface area contributed by atoms with E-state index in [0.29, 0.717) is 17.6 Å². The number of fused-ring (bicyclic) bond motifs is 1. The van der Waals surface area contributed by atoms with Gasteiger partial charge >= 0.3 is 0 Å². The van der Waals surface area contributed by atoms with Crippen molar-refractivity contribution in [3.63, 3.8) is 0 Å². The molecule has 4 atom stereocenters. The van der Waals surface area contributed by atoms with Crippen LogP contribution in [0.15, 0.2) is 41.2 Å². The largest absolute Gasteiger partial charge is 0.485 e. The maximum absolute atomic E-state index is 14.3. The average Bonchev–Trinajstić information content (AvgIpc) is 3.43. The maximum Gasteiger partial charge on any atom is 0.165 e. The Hall–Kier alpha value is -2.67. The molecule has 3 heterocycles. The van der Waals surface area contributed by atoms with E-state index in [-0.39, 0.29) is 18.0 Å². The minimum absolute atomic E-state index is 0.0925. The molecule has 1 saturated carbocycles. The van der Waals surface area contributed by atoms with Gasteiger partial charge < -0.3 is 13.8 Å². The van der Waals surface area contributed by atoms with Crippen LogP contribution in [-0.2, 0) is 6.54 Å². The second kappa shape index (κ2) is 8.11. The topological polar surface area (TPSA) is 56.3 Å². The SMILES string of the molecule is Cc1noc(C)c1CN1C[C@H]2C[C@H](Oc3ccccc3F)[C@@H](n3ccnc3C)C[C@H]2C1. The Balaban J connectivity index is 1.37. The fourth-order valence-electron chi connectivity index (χ4n) is 5.43. The molecule has 0 bridgehead atoms. The number of hydrogen-bond donors (Lipinski definition) is 0. The van der Waals surface area contributed by atoms with E-state index in [1.165, 1.54) is 11.6 Å². The van der Waals surface area contributed by atoms with E-state index in [0.717, 1.165) is 49.8 Å². The molecule has 1 aromatic carbocycles. The first kappa shape index (κ1) is 20.2. The molecule has 1 aliphatic carbocycles. The zero-order chi connectivity index (χ0) is 21.5. The summed E-state index contributed by atoms with van der Waals surface area (Å²) in [7, 11) is 0. The highest BCUT2D eigenvalue weighted by atomic mass is 19.1. The molecule has 0 amide bonds. The fourth-order valence-corrected chi connectivity index (χ4v) is 5.43. The van der Waals surface area contributed by atoms with Crippen molar-refractivity contribution >= 4 is 0 Å². The number of aryl methyl sites for hydroxylation is 3. The summed E-state index contributed by atoms with van der Waals surface area (Å²) in [6.07, 6.45) is 5.66. The minimum Gasteiger partial charge on any atom is -0.485 e. The number of benzene rings is 1. The van der Waals surface area contributed by atoms with E-state index in [9.17, 15) is 4.39 Å². The molecule has 3 aromatic rings. The van der Waals surface area contributed by atoms with E-state index >= 15 is 0 Å². The normalized spacial score (nSPS) is 26.2. The second-order valence-electron chi connectivity index (χ2n) is 9.02. The number of hydrogen-bond acceptors (Lipinski definition) is 5. The quantitative estimate of drug-likeness (QED) is 0.605. The third-order valence-corrected chi connectivity index (χ3v) is 7.06. The monoisotopic (exact) mass is 424 g/mol. The predicted molar refractivity (Wildman–Crippen MR) is 114 cm³/mol. The molecule has 5 rings (SSSR count). The van der Waals surface area contributed by atoms with Crippen molar-refractivity contribution in [1.82, 2.24) is 19.6 Å². The lowest BCUT2D eigenvalue weighted by molar-refractivity contribution is 0.0509. The number of ether oxygens (including phenoxy) is 1. The lowest BCUT2D eigenvalue weighted by atomic mass is 9.77. The molecule has 164 valence electrons. The van der Waals surface area contributed by atoms with Crippen LogP contribution in [0.25, 0.3) is 0 Å². The second-order valence-corrected chi connectivity index (χ2v) is 9.02. The molecule has 2 fully saturated rings. The highest BCUT2D eigenvalue weighted by Gasteiger charge is 2.44. The van der Waals surface area contributed by atoms with Crippen LogP contribution in [0.1, 0.15) is 41.7 Å². The van der Waals surface area contributed by atoms with Gasteiger partial charge in [-0.25, -0.2) is 9.37 Å². The van der Waals surface area contributed by atoms with Gasteiger partial charge in [-0.3, -0.25) is 4.90 Å². The Bertz CT molecular complexity index is 1040. The Kier molecular flexibility index (Phi) is 5.30. The van der Waals surface area contributed by atoms with Crippen LogP contribution in [-0.4, -0.2) is 38.8 Å². The first-order valence-corrected chi connectivity index (χ1v) is 11.0. The van der Waals surface area contributed by atoms with Crippen molar-refractivity contribution in [2.24, 2.45) is 11.8 Å². The molecule has 1 aliphatic heterocycles. The zero-order valence-corrected chi connectivity index (χ0v) is 18.3. The van der Waals surface area contributed by atoms with Crippen molar-refractivity contribution in [2.75, 3.05) is 13.1 Å². The summed E-state index contributed by atoms with van der Waals surface area (Å²) in [6, 6.07) is 6.84. The maximum atomic E-state index is 14.3. The Morgan fingerprint density at radius 2 is 1.90 bits per heavy atom. The average molecular weight is 425 g/mol. The van der Waals surface area contributed by atoms with E-state index in [1.54, 1.807) is 12.1 Å². The first-order valence-electron chi connectivity index (χ1n) is 11.0. The van der Waals surface area contributed by atoms with Gasteiger partial charge in [0.25, 0.3) is 0 Å². The predicted octanol–water partition coefficient (Wildman–Crippen LogP) is 4.47. The number of likely N-dealkylation sites (tertiary alicyclic amines) is 1. The molecule has 0 radical (unpaired) electrons. The molecule has 6 nitrogen and oxygen atoms in total. The molecule has 1 saturated heterocycles. The number of para-hydroxylation sites is 1. The van der Waals surface area contributed by atoms with Crippen LogP contribution in [0.4, 0.5) is 4.39 Å². The van der Waals surface area contributed by atoms with Crippen molar-refractivity contribution in [1.29, 1.82) is 0 Å². The van der Waals surface area contributed by atoms with Crippen LogP contribution in [0.3, 0.4) is 0 Å². The minimum atomic E-state index is -0.308. The highest BCUT2D eigenvalue weighted by molar-refractivity contribution is 5.24. The van der Waals surface area contributed by atoms with Gasteiger partial charge in [0.2, 0.25) is 0 Å². The molecule has 2 aliphatic rings. The van der Waals surface area contributed by atoms with Crippen molar-refractivity contribution in [3.05, 3.63) is 65.3 Å². The summed E-state index contributed by atoms with van der Waals surface area (Å²) in [4.78, 5) is 6.93. The highest BCUT2D eigenvalue weighted by Crippen LogP contribution is 2.43. The lowest BCUT2D eigenvalue weighted by Crippen LogP contribution is -2.40. The van der Waals surface area contributed by atoms with E-state index < -0.39 is 0 Å². The van der Waals surface area contributed by atoms with Crippen LogP contribution >= 0.6 is 0 Å². The summed E-state index contributed by atoms with van der Waals surface area (Å²) < 4.78 is 28.2. The number of aromatic nitrogens is 3. The van der Waals surface area contributed by atoms with Crippen LogP contribution in [0.5, 0.6) is 5.75 Å². The Morgan fingerprint density at radius 3 is 2.58 bits per heavy atom. The van der Waals surface area contributed by atoms with Gasteiger partial charge in [-0.2, -0.15) is 0 Å². The van der Waals surface area contributed by atoms with Gasteiger partial charge in [0, 0.05) is 37.6 Å². The molecule has 0 unspecified atom stereocenters.